The molecule has 0 bridgehead atoms. The Bertz CT molecular complexity index is 1540. The van der Waals surface area contributed by atoms with Gasteiger partial charge >= 0.3 is 0 Å². The lowest BCUT2D eigenvalue weighted by Crippen LogP contribution is -2.53. The number of ether oxygens (including phenoxy) is 1. The third-order valence-electron chi connectivity index (χ3n) is 8.03. The summed E-state index contributed by atoms with van der Waals surface area (Å²) in [6, 6.07) is 17.9. The number of hydrogen-bond acceptors (Lipinski definition) is 5. The molecular formula is C33H40ClN3O5S. The van der Waals surface area contributed by atoms with Crippen molar-refractivity contribution in [1.29, 1.82) is 0 Å². The Hall–Kier alpha value is -3.56. The van der Waals surface area contributed by atoms with E-state index in [4.69, 9.17) is 16.3 Å². The highest BCUT2D eigenvalue weighted by molar-refractivity contribution is 7.92. The van der Waals surface area contributed by atoms with Crippen LogP contribution in [0.5, 0.6) is 5.75 Å². The van der Waals surface area contributed by atoms with E-state index < -0.39 is 28.5 Å². The van der Waals surface area contributed by atoms with Gasteiger partial charge in [-0.3, -0.25) is 13.9 Å². The number of sulfonamides is 1. The van der Waals surface area contributed by atoms with E-state index in [9.17, 15) is 18.0 Å². The van der Waals surface area contributed by atoms with Gasteiger partial charge in [-0.25, -0.2) is 8.42 Å². The first-order valence-electron chi connectivity index (χ1n) is 14.6. The molecular weight excluding hydrogens is 586 g/mol. The summed E-state index contributed by atoms with van der Waals surface area (Å²) in [6.45, 7) is 5.11. The number of methoxy groups -OCH3 is 1. The van der Waals surface area contributed by atoms with Crippen molar-refractivity contribution in [2.24, 2.45) is 0 Å². The van der Waals surface area contributed by atoms with Gasteiger partial charge in [0.1, 0.15) is 18.3 Å². The van der Waals surface area contributed by atoms with Crippen molar-refractivity contribution >= 4 is 39.1 Å². The normalized spacial score (nSPS) is 14.5. The van der Waals surface area contributed by atoms with Crippen molar-refractivity contribution in [1.82, 2.24) is 10.2 Å². The van der Waals surface area contributed by atoms with Gasteiger partial charge in [0.05, 0.1) is 22.7 Å². The molecule has 0 aromatic heterocycles. The smallest absolute Gasteiger partial charge is 0.264 e. The Morgan fingerprint density at radius 2 is 1.67 bits per heavy atom. The van der Waals surface area contributed by atoms with E-state index in [1.165, 1.54) is 30.2 Å². The number of hydrogen-bond donors (Lipinski definition) is 1. The number of amides is 2. The highest BCUT2D eigenvalue weighted by Crippen LogP contribution is 2.32. The minimum atomic E-state index is -4.20. The third-order valence-corrected chi connectivity index (χ3v) is 10.1. The van der Waals surface area contributed by atoms with E-state index in [1.54, 1.807) is 31.2 Å². The van der Waals surface area contributed by atoms with Crippen molar-refractivity contribution < 1.29 is 22.7 Å². The van der Waals surface area contributed by atoms with Gasteiger partial charge in [0.25, 0.3) is 10.0 Å². The minimum absolute atomic E-state index is 0.0337. The number of benzene rings is 3. The first-order chi connectivity index (χ1) is 20.5. The number of carbonyl (C=O) groups is 2. The molecule has 0 radical (unpaired) electrons. The van der Waals surface area contributed by atoms with Crippen LogP contribution < -0.4 is 14.4 Å². The highest BCUT2D eigenvalue weighted by Gasteiger charge is 2.33. The summed E-state index contributed by atoms with van der Waals surface area (Å²) in [4.78, 5) is 29.2. The van der Waals surface area contributed by atoms with Crippen LogP contribution in [0.3, 0.4) is 0 Å². The lowest BCUT2D eigenvalue weighted by atomic mass is 9.95. The Balaban J connectivity index is 1.71. The standard InChI is InChI=1S/C33H40ClN3O5S/c1-23-14-17-29(18-15-23)43(40,41)37(28-16-19-31(42-4)30(34)20-28)22-32(38)36(21-26-11-9-8-10-24(26)2)25(3)33(39)35-27-12-6-5-7-13-27/h8-11,14-20,25,27H,5-7,12-13,21-22H2,1-4H3,(H,35,39)/t25-/m0/s1. The van der Waals surface area contributed by atoms with Crippen molar-refractivity contribution in [3.8, 4) is 5.75 Å². The molecule has 0 spiro atoms. The molecule has 4 rings (SSSR count). The molecule has 3 aromatic carbocycles. The molecule has 0 saturated heterocycles. The van der Waals surface area contributed by atoms with E-state index >= 15 is 0 Å². The number of rotatable bonds is 11. The van der Waals surface area contributed by atoms with Crippen molar-refractivity contribution in [3.63, 3.8) is 0 Å². The largest absolute Gasteiger partial charge is 0.495 e. The van der Waals surface area contributed by atoms with Gasteiger partial charge in [0.15, 0.2) is 0 Å². The Labute approximate surface area is 260 Å². The monoisotopic (exact) mass is 625 g/mol. The number of aryl methyl sites for hydroxylation is 2. The molecule has 1 atom stereocenters. The topological polar surface area (TPSA) is 96.0 Å². The van der Waals surface area contributed by atoms with Gasteiger partial charge < -0.3 is 15.0 Å². The van der Waals surface area contributed by atoms with Crippen LogP contribution in [-0.2, 0) is 26.2 Å². The molecule has 0 heterocycles. The van der Waals surface area contributed by atoms with Crippen molar-refractivity contribution in [2.45, 2.75) is 76.4 Å². The first kappa shape index (κ1) is 32.4. The lowest BCUT2D eigenvalue weighted by Gasteiger charge is -2.33. The Kier molecular flexibility index (Phi) is 10.7. The molecule has 1 saturated carbocycles. The van der Waals surface area contributed by atoms with E-state index in [0.29, 0.717) is 5.75 Å². The fraction of sp³-hybridized carbons (Fsp3) is 0.394. The van der Waals surface area contributed by atoms with Gasteiger partial charge in [-0.2, -0.15) is 0 Å². The summed E-state index contributed by atoms with van der Waals surface area (Å²) >= 11 is 6.40. The SMILES string of the molecule is COc1ccc(N(CC(=O)N(Cc2ccccc2C)[C@@H](C)C(=O)NC2CCCCC2)S(=O)(=O)c2ccc(C)cc2)cc1Cl. The maximum atomic E-state index is 14.2. The second-order valence-corrected chi connectivity index (χ2v) is 13.4. The fourth-order valence-electron chi connectivity index (χ4n) is 5.30. The van der Waals surface area contributed by atoms with E-state index in [1.807, 2.05) is 38.1 Å². The molecule has 43 heavy (non-hydrogen) atoms. The number of carbonyl (C=O) groups excluding carboxylic acids is 2. The molecule has 1 aliphatic rings. The minimum Gasteiger partial charge on any atom is -0.495 e. The van der Waals surface area contributed by atoms with Crippen LogP contribution in [0.25, 0.3) is 0 Å². The number of nitrogens with one attached hydrogen (secondary N) is 1. The summed E-state index contributed by atoms with van der Waals surface area (Å²) in [5, 5.41) is 3.33. The lowest BCUT2D eigenvalue weighted by molar-refractivity contribution is -0.139. The Morgan fingerprint density at radius 1 is 1.00 bits per heavy atom. The predicted molar refractivity (Wildman–Crippen MR) is 170 cm³/mol. The zero-order chi connectivity index (χ0) is 31.1. The van der Waals surface area contributed by atoms with Crippen LogP contribution in [0.2, 0.25) is 5.02 Å². The average Bonchev–Trinajstić information content (AvgIpc) is 2.99. The second-order valence-electron chi connectivity index (χ2n) is 11.1. The average molecular weight is 626 g/mol. The van der Waals surface area contributed by atoms with Gasteiger partial charge in [0.2, 0.25) is 11.8 Å². The van der Waals surface area contributed by atoms with Crippen LogP contribution in [-0.4, -0.2) is 50.9 Å². The molecule has 0 aliphatic heterocycles. The predicted octanol–water partition coefficient (Wildman–Crippen LogP) is 6.03. The van der Waals surface area contributed by atoms with Gasteiger partial charge in [-0.15, -0.1) is 0 Å². The molecule has 0 unspecified atom stereocenters. The van der Waals surface area contributed by atoms with Gasteiger partial charge in [-0.1, -0.05) is 72.8 Å². The zero-order valence-corrected chi connectivity index (χ0v) is 26.7. The molecule has 2 amide bonds. The molecule has 3 aromatic rings. The first-order valence-corrected chi connectivity index (χ1v) is 16.4. The number of halogens is 1. The third kappa shape index (κ3) is 7.89. The van der Waals surface area contributed by atoms with Gasteiger partial charge in [0, 0.05) is 12.6 Å². The summed E-state index contributed by atoms with van der Waals surface area (Å²) in [6.07, 6.45) is 5.08. The molecule has 10 heteroatoms. The van der Waals surface area contributed by atoms with Crippen LogP contribution in [0, 0.1) is 13.8 Å². The number of anilines is 1. The molecule has 230 valence electrons. The van der Waals surface area contributed by atoms with Gasteiger partial charge in [-0.05, 0) is 75.1 Å². The molecule has 1 N–H and O–H groups in total. The van der Waals surface area contributed by atoms with Crippen LogP contribution in [0.1, 0.15) is 55.7 Å². The maximum Gasteiger partial charge on any atom is 0.264 e. The summed E-state index contributed by atoms with van der Waals surface area (Å²) < 4.78 is 34.4. The molecule has 1 fully saturated rings. The van der Waals surface area contributed by atoms with Crippen molar-refractivity contribution in [3.05, 3.63) is 88.4 Å². The number of nitrogens with zero attached hydrogens (tertiary/aromatic N) is 2. The van der Waals surface area contributed by atoms with Crippen LogP contribution in [0.4, 0.5) is 5.69 Å². The quantitative estimate of drug-likeness (QED) is 0.281. The summed E-state index contributed by atoms with van der Waals surface area (Å²) in [7, 11) is -2.73. The molecule has 1 aliphatic carbocycles. The van der Waals surface area contributed by atoms with Crippen LogP contribution >= 0.6 is 11.6 Å². The summed E-state index contributed by atoms with van der Waals surface area (Å²) in [5.41, 5.74) is 2.94. The Morgan fingerprint density at radius 3 is 2.30 bits per heavy atom. The fourth-order valence-corrected chi connectivity index (χ4v) is 6.96. The van der Waals surface area contributed by atoms with E-state index in [-0.39, 0.29) is 34.1 Å². The van der Waals surface area contributed by atoms with E-state index in [2.05, 4.69) is 5.32 Å². The summed E-state index contributed by atoms with van der Waals surface area (Å²) in [5.74, 6) is -0.398. The zero-order valence-electron chi connectivity index (χ0n) is 25.2. The van der Waals surface area contributed by atoms with Crippen molar-refractivity contribution in [2.75, 3.05) is 18.0 Å². The highest BCUT2D eigenvalue weighted by atomic mass is 35.5. The molecule has 8 nitrogen and oxygen atoms in total. The second kappa shape index (κ2) is 14.3. The van der Waals surface area contributed by atoms with E-state index in [0.717, 1.165) is 53.1 Å². The maximum absolute atomic E-state index is 14.2. The van der Waals surface area contributed by atoms with Crippen LogP contribution in [0.15, 0.2) is 71.6 Å².